The smallest absolute Gasteiger partial charge is 0.325 e. The van der Waals surface area contributed by atoms with Crippen molar-refractivity contribution in [3.05, 3.63) is 11.1 Å². The lowest BCUT2D eigenvalue weighted by atomic mass is 10.3. The number of carboxylic acid groups (broad SMARTS) is 1. The fourth-order valence-electron chi connectivity index (χ4n) is 0.596. The zero-order chi connectivity index (χ0) is 9.84. The molecule has 70 valence electrons. The second-order valence-corrected chi connectivity index (χ2v) is 2.93. The Labute approximate surface area is 77.7 Å². The van der Waals surface area contributed by atoms with Crippen LogP contribution < -0.4 is 5.32 Å². The van der Waals surface area contributed by atoms with Crippen molar-refractivity contribution >= 4 is 23.4 Å². The number of rotatable bonds is 3. The number of aliphatic carboxylic acids is 1. The molecule has 1 rings (SSSR count). The van der Waals surface area contributed by atoms with Gasteiger partial charge in [0.2, 0.25) is 0 Å². The number of carbonyl (C=O) groups is 2. The van der Waals surface area contributed by atoms with Crippen LogP contribution in [0, 0.1) is 0 Å². The van der Waals surface area contributed by atoms with E-state index in [1.165, 1.54) is 12.3 Å². The van der Waals surface area contributed by atoms with Gasteiger partial charge < -0.3 is 10.4 Å². The Kier molecular flexibility index (Phi) is 2.91. The van der Waals surface area contributed by atoms with Crippen LogP contribution >= 0.6 is 11.5 Å². The minimum Gasteiger partial charge on any atom is -0.480 e. The number of nitrogens with zero attached hydrogens (tertiary/aromatic N) is 2. The number of hydrogen-bond acceptors (Lipinski definition) is 5. The van der Waals surface area contributed by atoms with Gasteiger partial charge in [-0.05, 0) is 18.5 Å². The number of nitrogens with one attached hydrogen (secondary N) is 1. The summed E-state index contributed by atoms with van der Waals surface area (Å²) in [7, 11) is 0. The molecule has 0 aliphatic carbocycles. The molecule has 2 N–H and O–H groups in total. The third-order valence-corrected chi connectivity index (χ3v) is 1.82. The lowest BCUT2D eigenvalue weighted by Crippen LogP contribution is -2.38. The number of carboxylic acids is 1. The molecule has 0 radical (unpaired) electrons. The summed E-state index contributed by atoms with van der Waals surface area (Å²) in [6.45, 7) is 1.38. The van der Waals surface area contributed by atoms with Crippen molar-refractivity contribution in [3.63, 3.8) is 0 Å². The largest absolute Gasteiger partial charge is 0.480 e. The Morgan fingerprint density at radius 1 is 1.69 bits per heavy atom. The van der Waals surface area contributed by atoms with Crippen LogP contribution in [0.2, 0.25) is 0 Å². The van der Waals surface area contributed by atoms with Crippen molar-refractivity contribution < 1.29 is 14.7 Å². The first-order chi connectivity index (χ1) is 6.11. The van der Waals surface area contributed by atoms with Gasteiger partial charge in [0, 0.05) is 5.38 Å². The molecule has 13 heavy (non-hydrogen) atoms. The van der Waals surface area contributed by atoms with Crippen LogP contribution in [0.5, 0.6) is 0 Å². The highest BCUT2D eigenvalue weighted by molar-refractivity contribution is 7.03. The Morgan fingerprint density at radius 3 is 2.85 bits per heavy atom. The molecular formula is C6H7N3O3S. The van der Waals surface area contributed by atoms with Crippen molar-refractivity contribution in [1.82, 2.24) is 14.9 Å². The van der Waals surface area contributed by atoms with Crippen LogP contribution in [0.15, 0.2) is 5.38 Å². The van der Waals surface area contributed by atoms with E-state index in [4.69, 9.17) is 5.11 Å². The van der Waals surface area contributed by atoms with Crippen LogP contribution in [-0.2, 0) is 4.79 Å². The molecule has 7 heteroatoms. The van der Waals surface area contributed by atoms with Gasteiger partial charge in [-0.15, -0.1) is 5.10 Å². The number of carbonyl (C=O) groups excluding carboxylic acids is 1. The van der Waals surface area contributed by atoms with Crippen molar-refractivity contribution in [3.8, 4) is 0 Å². The first kappa shape index (κ1) is 9.59. The van der Waals surface area contributed by atoms with Gasteiger partial charge in [0.25, 0.3) is 5.91 Å². The molecule has 0 spiro atoms. The Bertz CT molecular complexity index is 311. The van der Waals surface area contributed by atoms with Crippen LogP contribution in [0.25, 0.3) is 0 Å². The standard InChI is InChI=1S/C6H7N3O3S/c1-3(6(11)12)7-5(10)4-2-13-9-8-4/h2-3H,1H3,(H,7,10)(H,11,12)/t3-/m1/s1. The lowest BCUT2D eigenvalue weighted by molar-refractivity contribution is -0.138. The summed E-state index contributed by atoms with van der Waals surface area (Å²) >= 11 is 1.03. The molecule has 0 bridgehead atoms. The minimum absolute atomic E-state index is 0.137. The van der Waals surface area contributed by atoms with Crippen molar-refractivity contribution in [1.29, 1.82) is 0 Å². The van der Waals surface area contributed by atoms with E-state index < -0.39 is 17.9 Å². The number of aromatic nitrogens is 2. The van der Waals surface area contributed by atoms with E-state index in [0.29, 0.717) is 0 Å². The fourth-order valence-corrected chi connectivity index (χ4v) is 1.03. The number of amides is 1. The van der Waals surface area contributed by atoms with Crippen LogP contribution in [0.3, 0.4) is 0 Å². The summed E-state index contributed by atoms with van der Waals surface area (Å²) in [5.74, 6) is -1.61. The third-order valence-electron chi connectivity index (χ3n) is 1.31. The summed E-state index contributed by atoms with van der Waals surface area (Å²) in [5.41, 5.74) is 0.137. The predicted molar refractivity (Wildman–Crippen MR) is 44.5 cm³/mol. The van der Waals surface area contributed by atoms with Crippen LogP contribution in [-0.4, -0.2) is 32.6 Å². The summed E-state index contributed by atoms with van der Waals surface area (Å²) < 4.78 is 3.48. The number of hydrogen-bond donors (Lipinski definition) is 2. The molecule has 0 saturated carbocycles. The van der Waals surface area contributed by atoms with E-state index in [9.17, 15) is 9.59 Å². The van der Waals surface area contributed by atoms with Crippen LogP contribution in [0.1, 0.15) is 17.4 Å². The molecule has 6 nitrogen and oxygen atoms in total. The van der Waals surface area contributed by atoms with Crippen molar-refractivity contribution in [2.24, 2.45) is 0 Å². The topological polar surface area (TPSA) is 92.2 Å². The lowest BCUT2D eigenvalue weighted by Gasteiger charge is -2.06. The average molecular weight is 201 g/mol. The van der Waals surface area contributed by atoms with Gasteiger partial charge in [0.1, 0.15) is 6.04 Å². The van der Waals surface area contributed by atoms with E-state index in [1.807, 2.05) is 0 Å². The molecule has 0 fully saturated rings. The zero-order valence-electron chi connectivity index (χ0n) is 6.72. The SMILES string of the molecule is C[C@@H](NC(=O)c1csnn1)C(=O)O. The van der Waals surface area contributed by atoms with Crippen LogP contribution in [0.4, 0.5) is 0 Å². The molecule has 0 aliphatic heterocycles. The zero-order valence-corrected chi connectivity index (χ0v) is 7.54. The normalized spacial score (nSPS) is 12.1. The van der Waals surface area contributed by atoms with E-state index in [-0.39, 0.29) is 5.69 Å². The molecule has 1 aromatic heterocycles. The molecule has 1 aromatic rings. The Hall–Kier alpha value is -1.50. The highest BCUT2D eigenvalue weighted by Crippen LogP contribution is 1.97. The molecule has 0 saturated heterocycles. The van der Waals surface area contributed by atoms with Gasteiger partial charge in [-0.2, -0.15) is 0 Å². The maximum atomic E-state index is 11.2. The molecular weight excluding hydrogens is 194 g/mol. The first-order valence-corrected chi connectivity index (χ1v) is 4.25. The van der Waals surface area contributed by atoms with E-state index in [0.717, 1.165) is 11.5 Å². The van der Waals surface area contributed by atoms with Gasteiger partial charge >= 0.3 is 5.97 Å². The summed E-state index contributed by atoms with van der Waals surface area (Å²) in [5, 5.41) is 15.7. The second-order valence-electron chi connectivity index (χ2n) is 2.32. The van der Waals surface area contributed by atoms with E-state index in [1.54, 1.807) is 0 Å². The summed E-state index contributed by atoms with van der Waals surface area (Å²) in [6.07, 6.45) is 0. The van der Waals surface area contributed by atoms with Gasteiger partial charge in [0.15, 0.2) is 5.69 Å². The maximum Gasteiger partial charge on any atom is 0.325 e. The molecule has 1 amide bonds. The molecule has 1 heterocycles. The molecule has 0 aliphatic rings. The van der Waals surface area contributed by atoms with Gasteiger partial charge in [-0.3, -0.25) is 9.59 Å². The van der Waals surface area contributed by atoms with Gasteiger partial charge in [-0.25, -0.2) is 0 Å². The van der Waals surface area contributed by atoms with Crippen molar-refractivity contribution in [2.45, 2.75) is 13.0 Å². The molecule has 0 aromatic carbocycles. The average Bonchev–Trinajstić information content (AvgIpc) is 2.55. The third kappa shape index (κ3) is 2.48. The summed E-state index contributed by atoms with van der Waals surface area (Å²) in [6, 6.07) is -0.922. The van der Waals surface area contributed by atoms with Crippen molar-refractivity contribution in [2.75, 3.05) is 0 Å². The Morgan fingerprint density at radius 2 is 2.38 bits per heavy atom. The Balaban J connectivity index is 2.56. The van der Waals surface area contributed by atoms with Gasteiger partial charge in [0.05, 0.1) is 0 Å². The van der Waals surface area contributed by atoms with E-state index >= 15 is 0 Å². The molecule has 1 atom stereocenters. The van der Waals surface area contributed by atoms with E-state index in [2.05, 4.69) is 14.9 Å². The maximum absolute atomic E-state index is 11.2. The molecule has 0 unspecified atom stereocenters. The predicted octanol–water partition coefficient (Wildman–Crippen LogP) is -0.259. The monoisotopic (exact) mass is 201 g/mol. The summed E-state index contributed by atoms with van der Waals surface area (Å²) in [4.78, 5) is 21.5. The minimum atomic E-state index is -1.09. The second kappa shape index (κ2) is 3.94. The quantitative estimate of drug-likeness (QED) is 0.703. The fraction of sp³-hybridized carbons (Fsp3) is 0.333. The highest BCUT2D eigenvalue weighted by Gasteiger charge is 2.16. The highest BCUT2D eigenvalue weighted by atomic mass is 32.1. The first-order valence-electron chi connectivity index (χ1n) is 3.42. The van der Waals surface area contributed by atoms with Gasteiger partial charge in [-0.1, -0.05) is 4.49 Å².